The van der Waals surface area contributed by atoms with E-state index in [0.29, 0.717) is 0 Å². The highest BCUT2D eigenvalue weighted by Gasteiger charge is 2.20. The molecule has 7 heterocycles. The second-order valence-electron chi connectivity index (χ2n) is 20.4. The van der Waals surface area contributed by atoms with Crippen molar-refractivity contribution in [2.75, 3.05) is 17.3 Å². The molecule has 0 aromatic heterocycles. The summed E-state index contributed by atoms with van der Waals surface area (Å²) in [4.78, 5) is 0. The minimum atomic E-state index is -0.750. The molecule has 6 aromatic rings. The predicted molar refractivity (Wildman–Crippen MR) is 448 cm³/mol. The van der Waals surface area contributed by atoms with Gasteiger partial charge in [0.05, 0.1) is 35.0 Å². The molecule has 88 heavy (non-hydrogen) atoms. The maximum atomic E-state index is 4.81. The standard InChI is InChI=1S/C36H35S12.C18H18S6.C9H12S3.CHCl3/c1-25-2-27-3-26(1)14-38-40-17-29-5-31-9-33(7-29)22-46-48-24-36-11-34(18-42-41-15-27)10-35(12-36)23-47-45-21-32-6-28(16-39-37-13-25)4-30(8-32)19-43-44-20-31;1-13-2-15-3-14(1)8-20-22-11-17-4-16(10-21-19-7-13)5-18(6-17)12-24-23-9-15;10-4-7-1-8(5-11)3-9(2-7)6-12;2-1(3)4/h1-11H,13-24H2;1-6H,7-12H2;1-3,10-12H,4-6H2;1H/q+1;;;. The zero-order valence-corrected chi connectivity index (χ0v) is 67.4. The zero-order valence-electron chi connectivity index (χ0n) is 47.8. The maximum absolute atomic E-state index is 4.81. The Morgan fingerprint density at radius 2 is 0.443 bits per heavy atom. The SMILES string of the molecule is ClC(Cl)Cl.SCc1cc(CS)cc(CS)c1.[C+]1=C2C=C3C=C1CSSCc1cc4cc(c1)CSSCc1cc(cc(c1)CSSCc1cc(cc(c1)CSSC4)CSSC2)CSSC3.c1c2cc3cc1CSSCc1cc(cc(c1)CSSC3)CSSC2. The molecule has 0 fully saturated rings. The Kier molecular flexibility index (Phi) is 36.2. The Balaban J connectivity index is 0.000000189. The molecule has 0 spiro atoms. The lowest BCUT2D eigenvalue weighted by Crippen LogP contribution is -1.99. The van der Waals surface area contributed by atoms with Gasteiger partial charge in [-0.1, -0.05) is 338 Å². The zero-order chi connectivity index (χ0) is 61.1. The summed E-state index contributed by atoms with van der Waals surface area (Å²) in [5, 5.41) is 0. The molecule has 8 aliphatic rings. The highest BCUT2D eigenvalue weighted by atomic mass is 35.6. The third kappa shape index (κ3) is 28.1. The number of fused-ring (bicyclic) bond motifs is 27. The lowest BCUT2D eigenvalue weighted by Gasteiger charge is -2.14. The van der Waals surface area contributed by atoms with Crippen LogP contribution in [-0.2, 0) is 104 Å². The third-order valence-electron chi connectivity index (χ3n) is 13.1. The first-order chi connectivity index (χ1) is 43.1. The van der Waals surface area contributed by atoms with Crippen molar-refractivity contribution in [1.82, 2.24) is 0 Å². The summed E-state index contributed by atoms with van der Waals surface area (Å²) in [6.45, 7) is 0. The highest BCUT2D eigenvalue weighted by Crippen LogP contribution is 2.42. The normalized spacial score (nSPS) is 17.7. The van der Waals surface area contributed by atoms with E-state index in [2.05, 4.69) is 165 Å². The van der Waals surface area contributed by atoms with Crippen LogP contribution in [0.1, 0.15) is 100 Å². The van der Waals surface area contributed by atoms with Crippen LogP contribution in [0.25, 0.3) is 0 Å². The number of benzene rings is 6. The molecule has 0 amide bonds. The van der Waals surface area contributed by atoms with Gasteiger partial charge in [-0.15, -0.1) is 0 Å². The van der Waals surface area contributed by atoms with E-state index >= 15 is 0 Å². The summed E-state index contributed by atoms with van der Waals surface area (Å²) in [6, 6.07) is 43.1. The summed E-state index contributed by atoms with van der Waals surface area (Å²) < 4.78 is -0.750. The van der Waals surface area contributed by atoms with E-state index in [0.717, 1.165) is 121 Å². The quantitative estimate of drug-likeness (QED) is 0.0666. The monoisotopic (exact) mass is 1610 g/mol. The topological polar surface area (TPSA) is 0 Å². The van der Waals surface area contributed by atoms with Crippen LogP contribution in [0.15, 0.2) is 138 Å². The fraction of sp³-hybridized carbons (Fsp3) is 0.344. The largest absolute Gasteiger partial charge is 0.180 e. The number of rotatable bonds is 3. The van der Waals surface area contributed by atoms with Crippen molar-refractivity contribution in [1.29, 1.82) is 0 Å². The average Bonchev–Trinajstić information content (AvgIpc) is 3.75. The number of hydrogen-bond acceptors (Lipinski definition) is 21. The fourth-order valence-electron chi connectivity index (χ4n) is 9.53. The van der Waals surface area contributed by atoms with E-state index in [1.54, 1.807) is 0 Å². The molecule has 1 aliphatic carbocycles. The Bertz CT molecular complexity index is 2780. The molecule has 14 rings (SSSR count). The molecule has 0 saturated heterocycles. The summed E-state index contributed by atoms with van der Waals surface area (Å²) in [6.07, 6.45) is 8.65. The maximum Gasteiger partial charge on any atom is 0.180 e. The van der Waals surface area contributed by atoms with Crippen LogP contribution in [0.5, 0.6) is 0 Å². The number of thiol groups is 3. The number of hydrogen-bond donors (Lipinski definition) is 3. The van der Waals surface area contributed by atoms with E-state index in [9.17, 15) is 0 Å². The second-order valence-corrected chi connectivity index (χ2v) is 45.5. The third-order valence-corrected chi connectivity index (χ3v) is 34.6. The second kappa shape index (κ2) is 42.6. The summed E-state index contributed by atoms with van der Waals surface area (Å²) >= 11 is 27.1. The molecule has 18 bridgehead atoms. The van der Waals surface area contributed by atoms with E-state index in [1.165, 1.54) is 117 Å². The molecule has 7 aliphatic heterocycles. The first-order valence-electron chi connectivity index (χ1n) is 27.8. The molecule has 0 unspecified atom stereocenters. The lowest BCUT2D eigenvalue weighted by atomic mass is 10.0. The molecule has 0 saturated carbocycles. The number of halogens is 3. The molecule has 0 radical (unpaired) electrons. The molecule has 6 aromatic carbocycles. The van der Waals surface area contributed by atoms with Crippen LogP contribution in [0, 0.1) is 6.08 Å². The minimum absolute atomic E-state index is 0.750. The molecular formula is C64H66Cl3S21+. The van der Waals surface area contributed by atoms with Gasteiger partial charge < -0.3 is 0 Å². The van der Waals surface area contributed by atoms with Gasteiger partial charge in [0, 0.05) is 110 Å². The van der Waals surface area contributed by atoms with Gasteiger partial charge in [-0.2, -0.15) is 37.9 Å². The van der Waals surface area contributed by atoms with Gasteiger partial charge >= 0.3 is 0 Å². The van der Waals surface area contributed by atoms with E-state index in [1.807, 2.05) is 194 Å². The van der Waals surface area contributed by atoms with Crippen molar-refractivity contribution in [2.45, 2.75) is 108 Å². The van der Waals surface area contributed by atoms with Gasteiger partial charge in [0.1, 0.15) is 11.1 Å². The molecule has 0 N–H and O–H groups in total. The Labute approximate surface area is 627 Å². The molecule has 0 atom stereocenters. The molecular weight excluding hydrogens is 1550 g/mol. The van der Waals surface area contributed by atoms with Gasteiger partial charge in [-0.05, 0) is 100 Å². The molecule has 468 valence electrons. The molecule has 0 nitrogen and oxygen atoms in total. The van der Waals surface area contributed by atoms with Crippen molar-refractivity contribution in [3.8, 4) is 0 Å². The van der Waals surface area contributed by atoms with Crippen LogP contribution in [0.3, 0.4) is 0 Å². The fourth-order valence-corrected chi connectivity index (χ4v) is 28.8. The van der Waals surface area contributed by atoms with E-state index in [-0.39, 0.29) is 0 Å². The van der Waals surface area contributed by atoms with Gasteiger partial charge in [-0.25, -0.2) is 0 Å². The van der Waals surface area contributed by atoms with Gasteiger partial charge in [0.2, 0.25) is 0 Å². The van der Waals surface area contributed by atoms with E-state index < -0.39 is 4.30 Å². The van der Waals surface area contributed by atoms with Gasteiger partial charge in [-0.3, -0.25) is 0 Å². The van der Waals surface area contributed by atoms with Gasteiger partial charge in [0.15, 0.2) is 4.30 Å². The summed E-state index contributed by atoms with van der Waals surface area (Å²) in [7, 11) is 36.0. The van der Waals surface area contributed by atoms with Crippen molar-refractivity contribution >= 4 is 267 Å². The van der Waals surface area contributed by atoms with Crippen LogP contribution >= 0.6 is 267 Å². The summed E-state index contributed by atoms with van der Waals surface area (Å²) in [5.41, 5.74) is 29.9. The van der Waals surface area contributed by atoms with Crippen molar-refractivity contribution in [3.05, 3.63) is 244 Å². The van der Waals surface area contributed by atoms with Crippen molar-refractivity contribution < 1.29 is 0 Å². The van der Waals surface area contributed by atoms with Crippen molar-refractivity contribution in [2.24, 2.45) is 0 Å². The minimum Gasteiger partial charge on any atom is -0.175 e. The lowest BCUT2D eigenvalue weighted by molar-refractivity contribution is 1.27. The Morgan fingerprint density at radius 3 is 0.648 bits per heavy atom. The molecule has 24 heteroatoms. The number of allylic oxidation sites excluding steroid dienone is 3. The van der Waals surface area contributed by atoms with Crippen LogP contribution in [-0.4, -0.2) is 21.6 Å². The smallest absolute Gasteiger partial charge is 0.175 e. The summed E-state index contributed by atoms with van der Waals surface area (Å²) in [5.74, 6) is 21.4. The first kappa shape index (κ1) is 74.9. The Morgan fingerprint density at radius 1 is 0.261 bits per heavy atom. The van der Waals surface area contributed by atoms with Crippen LogP contribution in [0.2, 0.25) is 0 Å². The highest BCUT2D eigenvalue weighted by molar-refractivity contribution is 8.78. The van der Waals surface area contributed by atoms with E-state index in [4.69, 9.17) is 34.8 Å². The number of alkyl halides is 3. The van der Waals surface area contributed by atoms with Gasteiger partial charge in [0.25, 0.3) is 0 Å². The first-order valence-corrected chi connectivity index (χ1v) is 53.4. The Hall–Kier alpha value is 2.67. The van der Waals surface area contributed by atoms with Crippen LogP contribution < -0.4 is 0 Å². The predicted octanol–water partition coefficient (Wildman–Crippen LogP) is 27.0. The van der Waals surface area contributed by atoms with Crippen LogP contribution in [0.4, 0.5) is 0 Å². The van der Waals surface area contributed by atoms with Crippen molar-refractivity contribution in [3.63, 3.8) is 0 Å². The average molecular weight is 1610 g/mol.